The Hall–Kier alpha value is -1.82. The van der Waals surface area contributed by atoms with Gasteiger partial charge in [0.1, 0.15) is 0 Å². The molecule has 0 aliphatic carbocycles. The van der Waals surface area contributed by atoms with E-state index in [0.717, 1.165) is 49.7 Å². The van der Waals surface area contributed by atoms with Crippen LogP contribution in [0.4, 0.5) is 5.95 Å². The van der Waals surface area contributed by atoms with Gasteiger partial charge in [-0.25, -0.2) is 4.98 Å². The smallest absolute Gasteiger partial charge is 0.255 e. The number of thioether (sulfide) groups is 1. The van der Waals surface area contributed by atoms with Crippen LogP contribution in [0.3, 0.4) is 0 Å². The Kier molecular flexibility index (Phi) is 5.00. The second kappa shape index (κ2) is 7.17. The van der Waals surface area contributed by atoms with Crippen molar-refractivity contribution in [1.82, 2.24) is 14.5 Å². The van der Waals surface area contributed by atoms with E-state index in [4.69, 9.17) is 4.98 Å². The van der Waals surface area contributed by atoms with Crippen LogP contribution in [0.1, 0.15) is 19.8 Å². The molecule has 23 heavy (non-hydrogen) atoms. The number of rotatable bonds is 5. The average Bonchev–Trinajstić information content (AvgIpc) is 2.60. The quantitative estimate of drug-likeness (QED) is 0.843. The first-order chi connectivity index (χ1) is 11.2. The predicted octanol–water partition coefficient (Wildman–Crippen LogP) is 2.66. The van der Waals surface area contributed by atoms with Crippen LogP contribution in [0.2, 0.25) is 0 Å². The third-order valence-electron chi connectivity index (χ3n) is 4.26. The molecule has 2 aromatic heterocycles. The molecule has 0 aromatic carbocycles. The summed E-state index contributed by atoms with van der Waals surface area (Å²) in [5, 5.41) is 0.612. The van der Waals surface area contributed by atoms with E-state index in [2.05, 4.69) is 23.1 Å². The summed E-state index contributed by atoms with van der Waals surface area (Å²) in [6.07, 6.45) is 7.68. The monoisotopic (exact) mass is 330 g/mol. The third kappa shape index (κ3) is 3.58. The van der Waals surface area contributed by atoms with Gasteiger partial charge in [0.05, 0.1) is 5.69 Å². The van der Waals surface area contributed by atoms with Gasteiger partial charge in [-0.05, 0) is 31.2 Å². The molecule has 0 N–H and O–H groups in total. The number of fused-ring (bicyclic) bond motifs is 1. The molecule has 1 unspecified atom stereocenters. The molecular weight excluding hydrogens is 308 g/mol. The second-order valence-corrected chi connectivity index (χ2v) is 7.12. The van der Waals surface area contributed by atoms with E-state index in [1.807, 2.05) is 23.9 Å². The lowest BCUT2D eigenvalue weighted by atomic mass is 10.2. The maximum atomic E-state index is 12.5. The standard InChI is InChI=1S/C17H22N4OS/c1-13(23-2)6-11-20-9-3-10-21-16(22)12-15(19-17(20)21)14-4-7-18-8-5-14/h4-5,7-8,12-13H,3,6,9-11H2,1-2H3. The zero-order chi connectivity index (χ0) is 16.2. The van der Waals surface area contributed by atoms with Crippen molar-refractivity contribution >= 4 is 17.7 Å². The molecule has 0 radical (unpaired) electrons. The Bertz CT molecular complexity index is 716. The van der Waals surface area contributed by atoms with Crippen molar-refractivity contribution in [1.29, 1.82) is 0 Å². The molecule has 5 nitrogen and oxygen atoms in total. The molecule has 6 heteroatoms. The Morgan fingerprint density at radius 3 is 2.83 bits per heavy atom. The molecule has 3 heterocycles. The summed E-state index contributed by atoms with van der Waals surface area (Å²) >= 11 is 1.88. The zero-order valence-corrected chi connectivity index (χ0v) is 14.4. The van der Waals surface area contributed by atoms with Crippen molar-refractivity contribution in [3.63, 3.8) is 0 Å². The topological polar surface area (TPSA) is 51.0 Å². The molecule has 1 aliphatic heterocycles. The molecule has 3 rings (SSSR count). The van der Waals surface area contributed by atoms with Gasteiger partial charge in [-0.1, -0.05) is 6.92 Å². The van der Waals surface area contributed by atoms with Gasteiger partial charge in [0.25, 0.3) is 5.56 Å². The second-order valence-electron chi connectivity index (χ2n) is 5.84. The first-order valence-electron chi connectivity index (χ1n) is 7.99. The lowest BCUT2D eigenvalue weighted by molar-refractivity contribution is 0.527. The van der Waals surface area contributed by atoms with Crippen molar-refractivity contribution in [2.75, 3.05) is 24.2 Å². The molecule has 0 bridgehead atoms. The Morgan fingerprint density at radius 1 is 1.30 bits per heavy atom. The van der Waals surface area contributed by atoms with Gasteiger partial charge in [-0.2, -0.15) is 11.8 Å². The SMILES string of the molecule is CSC(C)CCN1CCCn2c1nc(-c1ccncc1)cc2=O. The summed E-state index contributed by atoms with van der Waals surface area (Å²) in [6, 6.07) is 5.41. The summed E-state index contributed by atoms with van der Waals surface area (Å²) in [4.78, 5) is 23.5. The summed E-state index contributed by atoms with van der Waals surface area (Å²) < 4.78 is 1.80. The maximum absolute atomic E-state index is 12.5. The van der Waals surface area contributed by atoms with Gasteiger partial charge in [-0.15, -0.1) is 0 Å². The van der Waals surface area contributed by atoms with E-state index in [1.165, 1.54) is 0 Å². The van der Waals surface area contributed by atoms with Crippen molar-refractivity contribution in [2.45, 2.75) is 31.6 Å². The minimum Gasteiger partial charge on any atom is -0.342 e. The highest BCUT2D eigenvalue weighted by atomic mass is 32.2. The summed E-state index contributed by atoms with van der Waals surface area (Å²) in [5.41, 5.74) is 1.70. The molecule has 0 saturated carbocycles. The van der Waals surface area contributed by atoms with Gasteiger partial charge in [0.2, 0.25) is 5.95 Å². The molecule has 0 fully saturated rings. The minimum atomic E-state index is 0.0319. The highest BCUT2D eigenvalue weighted by molar-refractivity contribution is 7.99. The molecule has 0 saturated heterocycles. The minimum absolute atomic E-state index is 0.0319. The summed E-state index contributed by atoms with van der Waals surface area (Å²) in [5.74, 6) is 0.809. The largest absolute Gasteiger partial charge is 0.342 e. The van der Waals surface area contributed by atoms with Crippen LogP contribution in [-0.4, -0.2) is 39.1 Å². The van der Waals surface area contributed by atoms with Gasteiger partial charge in [0.15, 0.2) is 0 Å². The fourth-order valence-corrected chi connectivity index (χ4v) is 3.14. The Balaban J connectivity index is 1.94. The molecule has 122 valence electrons. The Labute approximate surface area is 140 Å². The number of hydrogen-bond acceptors (Lipinski definition) is 5. The number of anilines is 1. The highest BCUT2D eigenvalue weighted by Crippen LogP contribution is 2.22. The fourth-order valence-electron chi connectivity index (χ4n) is 2.80. The van der Waals surface area contributed by atoms with Crippen molar-refractivity contribution in [3.05, 3.63) is 40.9 Å². The van der Waals surface area contributed by atoms with E-state index in [1.54, 1.807) is 23.0 Å². The zero-order valence-electron chi connectivity index (χ0n) is 13.6. The molecule has 0 amide bonds. The third-order valence-corrected chi connectivity index (χ3v) is 5.31. The van der Waals surface area contributed by atoms with Gasteiger partial charge < -0.3 is 4.90 Å². The Morgan fingerprint density at radius 2 is 2.09 bits per heavy atom. The number of nitrogens with zero attached hydrogens (tertiary/aromatic N) is 4. The molecular formula is C17H22N4OS. The summed E-state index contributed by atoms with van der Waals surface area (Å²) in [6.45, 7) is 4.90. The van der Waals surface area contributed by atoms with Crippen LogP contribution in [0.15, 0.2) is 35.4 Å². The van der Waals surface area contributed by atoms with E-state index in [0.29, 0.717) is 5.25 Å². The van der Waals surface area contributed by atoms with Gasteiger partial charge in [0, 0.05) is 48.9 Å². The van der Waals surface area contributed by atoms with Crippen LogP contribution in [-0.2, 0) is 6.54 Å². The van der Waals surface area contributed by atoms with Gasteiger partial charge >= 0.3 is 0 Å². The van der Waals surface area contributed by atoms with Crippen molar-refractivity contribution in [3.8, 4) is 11.3 Å². The van der Waals surface area contributed by atoms with Crippen LogP contribution in [0, 0.1) is 0 Å². The molecule has 1 atom stereocenters. The van der Waals surface area contributed by atoms with Crippen LogP contribution >= 0.6 is 11.8 Å². The van der Waals surface area contributed by atoms with Crippen molar-refractivity contribution in [2.24, 2.45) is 0 Å². The molecule has 1 aliphatic rings. The van der Waals surface area contributed by atoms with Crippen LogP contribution < -0.4 is 10.5 Å². The van der Waals surface area contributed by atoms with E-state index in [9.17, 15) is 4.79 Å². The lowest BCUT2D eigenvalue weighted by Crippen LogP contribution is -2.39. The maximum Gasteiger partial charge on any atom is 0.255 e. The molecule has 2 aromatic rings. The highest BCUT2D eigenvalue weighted by Gasteiger charge is 2.20. The average molecular weight is 330 g/mol. The first kappa shape index (κ1) is 16.1. The van der Waals surface area contributed by atoms with E-state index in [-0.39, 0.29) is 5.56 Å². The van der Waals surface area contributed by atoms with E-state index >= 15 is 0 Å². The van der Waals surface area contributed by atoms with Gasteiger partial charge in [-0.3, -0.25) is 14.3 Å². The number of pyridine rings is 1. The number of aromatic nitrogens is 3. The first-order valence-corrected chi connectivity index (χ1v) is 9.28. The normalized spacial score (nSPS) is 15.3. The molecule has 0 spiro atoms. The van der Waals surface area contributed by atoms with Crippen molar-refractivity contribution < 1.29 is 0 Å². The van der Waals surface area contributed by atoms with Crippen LogP contribution in [0.25, 0.3) is 11.3 Å². The number of hydrogen-bond donors (Lipinski definition) is 0. The summed E-state index contributed by atoms with van der Waals surface area (Å²) in [7, 11) is 0. The predicted molar refractivity (Wildman–Crippen MR) is 96.2 cm³/mol. The lowest BCUT2D eigenvalue weighted by Gasteiger charge is -2.31. The van der Waals surface area contributed by atoms with E-state index < -0.39 is 0 Å². The van der Waals surface area contributed by atoms with Crippen LogP contribution in [0.5, 0.6) is 0 Å². The fraction of sp³-hybridized carbons (Fsp3) is 0.471.